The molecule has 0 radical (unpaired) electrons. The molecule has 0 saturated heterocycles. The Kier molecular flexibility index (Phi) is 4.31. The lowest BCUT2D eigenvalue weighted by Crippen LogP contribution is -2.32. The molecule has 0 atom stereocenters. The lowest BCUT2D eigenvalue weighted by atomic mass is 9.84. The summed E-state index contributed by atoms with van der Waals surface area (Å²) in [5.74, 6) is 0.972. The van der Waals surface area contributed by atoms with Crippen molar-refractivity contribution in [2.24, 2.45) is 5.92 Å². The number of rotatable bonds is 4. The first-order valence-corrected chi connectivity index (χ1v) is 7.92. The number of fused-ring (bicyclic) bond motifs is 1. The van der Waals surface area contributed by atoms with Crippen molar-refractivity contribution in [1.82, 2.24) is 10.3 Å². The average molecular weight is 268 g/mol. The molecule has 106 valence electrons. The summed E-state index contributed by atoms with van der Waals surface area (Å²) in [6, 6.07) is 11.4. The summed E-state index contributed by atoms with van der Waals surface area (Å²) >= 11 is 0. The van der Waals surface area contributed by atoms with Crippen LogP contribution in [0.3, 0.4) is 0 Å². The second-order valence-corrected chi connectivity index (χ2v) is 6.04. The van der Waals surface area contributed by atoms with Crippen molar-refractivity contribution in [2.45, 2.75) is 51.6 Å². The highest BCUT2D eigenvalue weighted by atomic mass is 14.9. The van der Waals surface area contributed by atoms with E-state index in [0.717, 1.165) is 18.0 Å². The standard InChI is InChI=1S/C18H24N2/c1-2-14-5-8-17(9-6-14)20-13-15-7-10-18-16(12-15)4-3-11-19-18/h3-4,7,10-12,14,17,20H,2,5-6,8-9,13H2,1H3. The zero-order valence-electron chi connectivity index (χ0n) is 12.3. The Bertz CT molecular complexity index is 556. The lowest BCUT2D eigenvalue weighted by molar-refractivity contribution is 0.285. The lowest BCUT2D eigenvalue weighted by Gasteiger charge is -2.28. The Labute approximate surface area is 121 Å². The maximum absolute atomic E-state index is 4.37. The first-order chi connectivity index (χ1) is 9.85. The quantitative estimate of drug-likeness (QED) is 0.894. The molecular formula is C18H24N2. The Balaban J connectivity index is 1.57. The molecule has 1 aromatic carbocycles. The molecule has 1 aliphatic carbocycles. The highest BCUT2D eigenvalue weighted by Gasteiger charge is 2.19. The van der Waals surface area contributed by atoms with Gasteiger partial charge in [0.05, 0.1) is 5.52 Å². The zero-order valence-corrected chi connectivity index (χ0v) is 12.3. The van der Waals surface area contributed by atoms with Crippen LogP contribution >= 0.6 is 0 Å². The van der Waals surface area contributed by atoms with Crippen LogP contribution in [-0.4, -0.2) is 11.0 Å². The molecule has 0 unspecified atom stereocenters. The molecule has 20 heavy (non-hydrogen) atoms. The first-order valence-electron chi connectivity index (χ1n) is 7.92. The Hall–Kier alpha value is -1.41. The van der Waals surface area contributed by atoms with Crippen molar-refractivity contribution >= 4 is 10.9 Å². The second-order valence-electron chi connectivity index (χ2n) is 6.04. The molecular weight excluding hydrogens is 244 g/mol. The van der Waals surface area contributed by atoms with Crippen molar-refractivity contribution in [3.05, 3.63) is 42.1 Å². The van der Waals surface area contributed by atoms with Gasteiger partial charge in [-0.1, -0.05) is 25.5 Å². The van der Waals surface area contributed by atoms with Gasteiger partial charge in [-0.15, -0.1) is 0 Å². The van der Waals surface area contributed by atoms with E-state index in [0.29, 0.717) is 6.04 Å². The topological polar surface area (TPSA) is 24.9 Å². The molecule has 1 fully saturated rings. The Morgan fingerprint density at radius 2 is 2.00 bits per heavy atom. The van der Waals surface area contributed by atoms with E-state index in [2.05, 4.69) is 41.5 Å². The molecule has 1 saturated carbocycles. The van der Waals surface area contributed by atoms with Crippen LogP contribution in [0.1, 0.15) is 44.6 Å². The summed E-state index contributed by atoms with van der Waals surface area (Å²) in [5.41, 5.74) is 2.45. The molecule has 1 N–H and O–H groups in total. The van der Waals surface area contributed by atoms with Gasteiger partial charge >= 0.3 is 0 Å². The predicted octanol–water partition coefficient (Wildman–Crippen LogP) is 4.29. The third kappa shape index (κ3) is 3.18. The Morgan fingerprint density at radius 3 is 2.80 bits per heavy atom. The van der Waals surface area contributed by atoms with E-state index in [1.54, 1.807) is 0 Å². The summed E-state index contributed by atoms with van der Waals surface area (Å²) in [6.07, 6.45) is 8.68. The van der Waals surface area contributed by atoms with Crippen molar-refractivity contribution in [3.8, 4) is 0 Å². The fourth-order valence-electron chi connectivity index (χ4n) is 3.27. The summed E-state index contributed by atoms with van der Waals surface area (Å²) in [4.78, 5) is 4.37. The van der Waals surface area contributed by atoms with E-state index in [-0.39, 0.29) is 0 Å². The first kappa shape index (κ1) is 13.6. The molecule has 0 bridgehead atoms. The molecule has 1 heterocycles. The maximum atomic E-state index is 4.37. The van der Waals surface area contributed by atoms with E-state index in [9.17, 15) is 0 Å². The molecule has 0 aliphatic heterocycles. The number of nitrogens with zero attached hydrogens (tertiary/aromatic N) is 1. The van der Waals surface area contributed by atoms with Crippen LogP contribution in [0, 0.1) is 5.92 Å². The van der Waals surface area contributed by atoms with Crippen LogP contribution in [0.5, 0.6) is 0 Å². The van der Waals surface area contributed by atoms with Gasteiger partial charge in [0, 0.05) is 24.2 Å². The molecule has 3 rings (SSSR count). The van der Waals surface area contributed by atoms with Crippen LogP contribution in [0.2, 0.25) is 0 Å². The second kappa shape index (κ2) is 6.36. The summed E-state index contributed by atoms with van der Waals surface area (Å²) in [7, 11) is 0. The fourth-order valence-corrected chi connectivity index (χ4v) is 3.27. The van der Waals surface area contributed by atoms with Crippen LogP contribution in [0.4, 0.5) is 0 Å². The van der Waals surface area contributed by atoms with Gasteiger partial charge in [-0.25, -0.2) is 0 Å². The summed E-state index contributed by atoms with van der Waals surface area (Å²) in [6.45, 7) is 3.30. The van der Waals surface area contributed by atoms with Gasteiger partial charge in [0.1, 0.15) is 0 Å². The molecule has 2 nitrogen and oxygen atoms in total. The van der Waals surface area contributed by atoms with Gasteiger partial charge in [-0.2, -0.15) is 0 Å². The van der Waals surface area contributed by atoms with Gasteiger partial charge in [-0.05, 0) is 55.4 Å². The number of aromatic nitrogens is 1. The van der Waals surface area contributed by atoms with Gasteiger partial charge in [0.15, 0.2) is 0 Å². The van der Waals surface area contributed by atoms with Crippen LogP contribution < -0.4 is 5.32 Å². The monoisotopic (exact) mass is 268 g/mol. The van der Waals surface area contributed by atoms with E-state index in [4.69, 9.17) is 0 Å². The van der Waals surface area contributed by atoms with Crippen LogP contribution in [0.15, 0.2) is 36.5 Å². The SMILES string of the molecule is CCC1CCC(NCc2ccc3ncccc3c2)CC1. The van der Waals surface area contributed by atoms with Gasteiger partial charge < -0.3 is 5.32 Å². The van der Waals surface area contributed by atoms with Gasteiger partial charge in [0.25, 0.3) is 0 Å². The zero-order chi connectivity index (χ0) is 13.8. The number of nitrogens with one attached hydrogen (secondary N) is 1. The predicted molar refractivity (Wildman–Crippen MR) is 84.6 cm³/mol. The number of pyridine rings is 1. The van der Waals surface area contributed by atoms with E-state index < -0.39 is 0 Å². The minimum Gasteiger partial charge on any atom is -0.310 e. The minimum atomic E-state index is 0.711. The minimum absolute atomic E-state index is 0.711. The third-order valence-corrected chi connectivity index (χ3v) is 4.69. The average Bonchev–Trinajstić information content (AvgIpc) is 2.53. The van der Waals surface area contributed by atoms with Crippen molar-refractivity contribution in [1.29, 1.82) is 0 Å². The largest absolute Gasteiger partial charge is 0.310 e. The summed E-state index contributed by atoms with van der Waals surface area (Å²) in [5, 5.41) is 4.96. The van der Waals surface area contributed by atoms with Crippen molar-refractivity contribution < 1.29 is 0 Å². The molecule has 2 heteroatoms. The highest BCUT2D eigenvalue weighted by molar-refractivity contribution is 5.78. The van der Waals surface area contributed by atoms with Gasteiger partial charge in [-0.3, -0.25) is 4.98 Å². The maximum Gasteiger partial charge on any atom is 0.0702 e. The highest BCUT2D eigenvalue weighted by Crippen LogP contribution is 2.26. The van der Waals surface area contributed by atoms with Crippen molar-refractivity contribution in [2.75, 3.05) is 0 Å². The normalized spacial score (nSPS) is 23.1. The van der Waals surface area contributed by atoms with E-state index in [1.807, 2.05) is 12.3 Å². The smallest absolute Gasteiger partial charge is 0.0702 e. The number of benzene rings is 1. The summed E-state index contributed by atoms with van der Waals surface area (Å²) < 4.78 is 0. The molecule has 1 aromatic heterocycles. The van der Waals surface area contributed by atoms with E-state index >= 15 is 0 Å². The van der Waals surface area contributed by atoms with E-state index in [1.165, 1.54) is 43.1 Å². The molecule has 0 spiro atoms. The fraction of sp³-hybridized carbons (Fsp3) is 0.500. The molecule has 0 amide bonds. The molecule has 1 aliphatic rings. The third-order valence-electron chi connectivity index (χ3n) is 4.69. The van der Waals surface area contributed by atoms with Gasteiger partial charge in [0.2, 0.25) is 0 Å². The number of hydrogen-bond acceptors (Lipinski definition) is 2. The van der Waals surface area contributed by atoms with Crippen LogP contribution in [0.25, 0.3) is 10.9 Å². The van der Waals surface area contributed by atoms with Crippen LogP contribution in [-0.2, 0) is 6.54 Å². The van der Waals surface area contributed by atoms with Crippen molar-refractivity contribution in [3.63, 3.8) is 0 Å². The number of hydrogen-bond donors (Lipinski definition) is 1. The molecule has 2 aromatic rings. The Morgan fingerprint density at radius 1 is 1.15 bits per heavy atom.